The van der Waals surface area contributed by atoms with Gasteiger partial charge >= 0.3 is 0 Å². The minimum atomic E-state index is -2.39. The van der Waals surface area contributed by atoms with Crippen molar-refractivity contribution in [1.29, 1.82) is 0 Å². The Balaban J connectivity index is 2.67. The molecule has 0 aromatic heterocycles. The molecule has 72 valence electrons. The number of alkyl halides is 2. The highest BCUT2D eigenvalue weighted by atomic mass is 35.5. The van der Waals surface area contributed by atoms with Crippen LogP contribution in [-0.2, 0) is 0 Å². The fourth-order valence-corrected chi connectivity index (χ4v) is 1.06. The monoisotopic (exact) mass is 206 g/mol. The molecule has 0 radical (unpaired) electrons. The third kappa shape index (κ3) is 3.06. The molecular formula is C8H9ClF2N2. The Kier molecular flexibility index (Phi) is 3.31. The summed E-state index contributed by atoms with van der Waals surface area (Å²) in [6, 6.07) is 4.67. The number of hydrogen-bond donors (Lipinski definition) is 2. The first-order valence-electron chi connectivity index (χ1n) is 3.66. The van der Waals surface area contributed by atoms with Gasteiger partial charge in [0.15, 0.2) is 0 Å². The molecule has 0 aliphatic carbocycles. The number of nitrogens with two attached hydrogens (primary N) is 1. The van der Waals surface area contributed by atoms with E-state index in [-0.39, 0.29) is 0 Å². The van der Waals surface area contributed by atoms with Gasteiger partial charge in [0, 0.05) is 5.02 Å². The molecule has 0 fully saturated rings. The molecule has 0 aliphatic heterocycles. The maximum Gasteiger partial charge on any atom is 0.255 e. The molecule has 0 spiro atoms. The van der Waals surface area contributed by atoms with Crippen LogP contribution in [0.2, 0.25) is 5.02 Å². The van der Waals surface area contributed by atoms with E-state index in [1.54, 1.807) is 12.1 Å². The van der Waals surface area contributed by atoms with Gasteiger partial charge in [-0.15, -0.1) is 0 Å². The first kappa shape index (κ1) is 10.1. The van der Waals surface area contributed by atoms with Gasteiger partial charge in [0.25, 0.3) is 6.43 Å². The molecule has 0 bridgehead atoms. The summed E-state index contributed by atoms with van der Waals surface area (Å²) in [5, 5.41) is 2.99. The lowest BCUT2D eigenvalue weighted by Gasteiger charge is -2.08. The first-order chi connectivity index (χ1) is 6.09. The largest absolute Gasteiger partial charge is 0.397 e. The Morgan fingerprint density at radius 3 is 2.69 bits per heavy atom. The number of nitrogen functional groups attached to an aromatic ring is 1. The van der Waals surface area contributed by atoms with Crippen molar-refractivity contribution in [2.75, 3.05) is 17.6 Å². The zero-order valence-electron chi connectivity index (χ0n) is 6.73. The van der Waals surface area contributed by atoms with Gasteiger partial charge in [-0.25, -0.2) is 8.78 Å². The molecule has 0 aliphatic rings. The van der Waals surface area contributed by atoms with Crippen molar-refractivity contribution in [3.63, 3.8) is 0 Å². The van der Waals surface area contributed by atoms with Crippen LogP contribution in [0.1, 0.15) is 0 Å². The third-order valence-electron chi connectivity index (χ3n) is 1.46. The van der Waals surface area contributed by atoms with Crippen LogP contribution in [0.5, 0.6) is 0 Å². The molecule has 0 saturated carbocycles. The van der Waals surface area contributed by atoms with E-state index in [2.05, 4.69) is 5.32 Å². The second-order valence-corrected chi connectivity index (χ2v) is 2.94. The van der Waals surface area contributed by atoms with Crippen molar-refractivity contribution < 1.29 is 8.78 Å². The number of rotatable bonds is 3. The van der Waals surface area contributed by atoms with Crippen LogP contribution in [0.3, 0.4) is 0 Å². The van der Waals surface area contributed by atoms with Gasteiger partial charge in [-0.2, -0.15) is 0 Å². The average molecular weight is 207 g/mol. The quantitative estimate of drug-likeness (QED) is 0.746. The van der Waals surface area contributed by atoms with E-state index in [1.807, 2.05) is 0 Å². The minimum Gasteiger partial charge on any atom is -0.397 e. The lowest BCUT2D eigenvalue weighted by atomic mass is 10.2. The molecule has 0 atom stereocenters. The second-order valence-electron chi connectivity index (χ2n) is 2.50. The Morgan fingerprint density at radius 2 is 2.15 bits per heavy atom. The van der Waals surface area contributed by atoms with E-state index in [0.717, 1.165) is 0 Å². The standard InChI is InChI=1S/C8H9ClF2N2/c9-5-1-2-7(6(12)3-5)13-4-8(10)11/h1-3,8,13H,4,12H2. The third-order valence-corrected chi connectivity index (χ3v) is 1.70. The Labute approximate surface area is 79.7 Å². The molecule has 1 aromatic carbocycles. The second kappa shape index (κ2) is 4.28. The number of anilines is 2. The van der Waals surface area contributed by atoms with Crippen molar-refractivity contribution in [3.8, 4) is 0 Å². The summed E-state index contributed by atoms with van der Waals surface area (Å²) >= 11 is 5.62. The number of nitrogens with one attached hydrogen (secondary N) is 1. The zero-order valence-corrected chi connectivity index (χ0v) is 7.48. The maximum absolute atomic E-state index is 11.8. The van der Waals surface area contributed by atoms with E-state index in [1.165, 1.54) is 6.07 Å². The molecule has 5 heteroatoms. The van der Waals surface area contributed by atoms with Gasteiger partial charge in [-0.1, -0.05) is 11.6 Å². The summed E-state index contributed by atoms with van der Waals surface area (Å²) in [4.78, 5) is 0. The Hall–Kier alpha value is -1.03. The van der Waals surface area contributed by atoms with Gasteiger partial charge in [0.2, 0.25) is 0 Å². The highest BCUT2D eigenvalue weighted by Crippen LogP contribution is 2.22. The SMILES string of the molecule is Nc1cc(Cl)ccc1NCC(F)F. The minimum absolute atomic E-state index is 0.369. The topological polar surface area (TPSA) is 38.0 Å². The molecule has 1 rings (SSSR count). The van der Waals surface area contributed by atoms with Crippen molar-refractivity contribution in [2.24, 2.45) is 0 Å². The van der Waals surface area contributed by atoms with Crippen molar-refractivity contribution in [3.05, 3.63) is 23.2 Å². The lowest BCUT2D eigenvalue weighted by molar-refractivity contribution is 0.163. The van der Waals surface area contributed by atoms with Crippen molar-refractivity contribution in [2.45, 2.75) is 6.43 Å². The van der Waals surface area contributed by atoms with Gasteiger partial charge in [0.05, 0.1) is 17.9 Å². The van der Waals surface area contributed by atoms with E-state index in [9.17, 15) is 8.78 Å². The Morgan fingerprint density at radius 1 is 1.46 bits per heavy atom. The first-order valence-corrected chi connectivity index (χ1v) is 4.04. The van der Waals surface area contributed by atoms with Crippen LogP contribution in [0.25, 0.3) is 0 Å². The molecular weight excluding hydrogens is 198 g/mol. The highest BCUT2D eigenvalue weighted by Gasteiger charge is 2.03. The molecule has 2 nitrogen and oxygen atoms in total. The van der Waals surface area contributed by atoms with Crippen molar-refractivity contribution >= 4 is 23.0 Å². The molecule has 0 amide bonds. The summed E-state index contributed by atoms with van der Waals surface area (Å²) in [6.45, 7) is -0.411. The summed E-state index contributed by atoms with van der Waals surface area (Å²) in [5.41, 5.74) is 6.36. The lowest BCUT2D eigenvalue weighted by Crippen LogP contribution is -2.11. The summed E-state index contributed by atoms with van der Waals surface area (Å²) in [5.74, 6) is 0. The number of hydrogen-bond acceptors (Lipinski definition) is 2. The molecule has 1 aromatic rings. The van der Waals surface area contributed by atoms with Crippen LogP contribution < -0.4 is 11.1 Å². The summed E-state index contributed by atoms with van der Waals surface area (Å²) < 4.78 is 23.6. The van der Waals surface area contributed by atoms with Gasteiger partial charge in [-0.05, 0) is 18.2 Å². The number of halogens is 3. The fourth-order valence-electron chi connectivity index (χ4n) is 0.882. The molecule has 3 N–H and O–H groups in total. The number of benzene rings is 1. The van der Waals surface area contributed by atoms with Gasteiger partial charge in [-0.3, -0.25) is 0 Å². The van der Waals surface area contributed by atoms with E-state index >= 15 is 0 Å². The normalized spacial score (nSPS) is 10.5. The molecule has 0 unspecified atom stereocenters. The molecule has 0 heterocycles. The summed E-state index contributed by atoms with van der Waals surface area (Å²) in [7, 11) is 0. The molecule has 13 heavy (non-hydrogen) atoms. The van der Waals surface area contributed by atoms with Crippen LogP contribution in [-0.4, -0.2) is 13.0 Å². The van der Waals surface area contributed by atoms with Crippen LogP contribution >= 0.6 is 11.6 Å². The van der Waals surface area contributed by atoms with Crippen LogP contribution in [0, 0.1) is 0 Å². The van der Waals surface area contributed by atoms with Gasteiger partial charge in [0.1, 0.15) is 0 Å². The molecule has 0 saturated heterocycles. The average Bonchev–Trinajstić information content (AvgIpc) is 2.02. The van der Waals surface area contributed by atoms with E-state index in [4.69, 9.17) is 17.3 Å². The Bertz CT molecular complexity index is 291. The predicted molar refractivity (Wildman–Crippen MR) is 50.4 cm³/mol. The van der Waals surface area contributed by atoms with E-state index in [0.29, 0.717) is 16.4 Å². The van der Waals surface area contributed by atoms with Gasteiger partial charge < -0.3 is 11.1 Å². The zero-order chi connectivity index (χ0) is 9.84. The summed E-state index contributed by atoms with van der Waals surface area (Å²) in [6.07, 6.45) is -2.39. The highest BCUT2D eigenvalue weighted by molar-refractivity contribution is 6.31. The van der Waals surface area contributed by atoms with Crippen LogP contribution in [0.4, 0.5) is 20.2 Å². The van der Waals surface area contributed by atoms with Crippen LogP contribution in [0.15, 0.2) is 18.2 Å². The fraction of sp³-hybridized carbons (Fsp3) is 0.250. The van der Waals surface area contributed by atoms with Crippen molar-refractivity contribution in [1.82, 2.24) is 0 Å². The van der Waals surface area contributed by atoms with E-state index < -0.39 is 13.0 Å². The predicted octanol–water partition coefficient (Wildman–Crippen LogP) is 2.60. The maximum atomic E-state index is 11.8. The smallest absolute Gasteiger partial charge is 0.255 e.